The van der Waals surface area contributed by atoms with Gasteiger partial charge in [0.25, 0.3) is 0 Å². The largest absolute Gasteiger partial charge is 0.274 e. The molecule has 0 unspecified atom stereocenters. The van der Waals surface area contributed by atoms with E-state index in [1.54, 1.807) is 6.07 Å². The van der Waals surface area contributed by atoms with Gasteiger partial charge in [-0.15, -0.1) is 0 Å². The summed E-state index contributed by atoms with van der Waals surface area (Å²) in [5, 5.41) is 0.563. The number of hydrogen-bond donors (Lipinski definition) is 0. The predicted octanol–water partition coefficient (Wildman–Crippen LogP) is 5.05. The van der Waals surface area contributed by atoms with Gasteiger partial charge < -0.3 is 0 Å². The third kappa shape index (κ3) is 2.09. The minimum Gasteiger partial charge on any atom is -0.274 e. The van der Waals surface area contributed by atoms with Gasteiger partial charge >= 0.3 is 0 Å². The van der Waals surface area contributed by atoms with E-state index in [0.29, 0.717) is 10.7 Å². The smallest absolute Gasteiger partial charge is 0.238 e. The van der Waals surface area contributed by atoms with E-state index in [1.165, 1.54) is 27.2 Å². The van der Waals surface area contributed by atoms with Crippen LogP contribution in [0, 0.1) is 18.8 Å². The summed E-state index contributed by atoms with van der Waals surface area (Å²) in [5.41, 5.74) is 6.22. The van der Waals surface area contributed by atoms with E-state index in [-0.39, 0.29) is 35.5 Å². The van der Waals surface area contributed by atoms with Crippen molar-refractivity contribution in [1.82, 2.24) is 0 Å². The maximum absolute atomic E-state index is 13.6. The SMILES string of the molecule is Cc1ccc(N2C(=O)[C@@H]3C4c5ccccc5C(c5ccccc54)[C@H]3C2=O)cc1Cl. The number of benzene rings is 3. The molecule has 3 aromatic carbocycles. The average molecular weight is 400 g/mol. The van der Waals surface area contributed by atoms with Gasteiger partial charge in [0.15, 0.2) is 0 Å². The third-order valence-corrected chi connectivity index (χ3v) is 7.27. The first-order valence-electron chi connectivity index (χ1n) is 9.89. The summed E-state index contributed by atoms with van der Waals surface area (Å²) in [6.07, 6.45) is 0. The molecular formula is C25H18ClNO2. The second-order valence-corrected chi connectivity index (χ2v) is 8.62. The lowest BCUT2D eigenvalue weighted by atomic mass is 9.55. The van der Waals surface area contributed by atoms with Crippen molar-refractivity contribution < 1.29 is 9.59 Å². The van der Waals surface area contributed by atoms with Gasteiger partial charge in [-0.2, -0.15) is 0 Å². The molecule has 0 aromatic heterocycles. The second-order valence-electron chi connectivity index (χ2n) is 8.21. The van der Waals surface area contributed by atoms with Crippen LogP contribution in [-0.2, 0) is 9.59 Å². The molecule has 1 aliphatic heterocycles. The lowest BCUT2D eigenvalue weighted by Crippen LogP contribution is -2.41. The molecule has 2 bridgehead atoms. The van der Waals surface area contributed by atoms with E-state index >= 15 is 0 Å². The Balaban J connectivity index is 1.56. The number of anilines is 1. The summed E-state index contributed by atoms with van der Waals surface area (Å²) in [7, 11) is 0. The predicted molar refractivity (Wildman–Crippen MR) is 112 cm³/mol. The molecule has 0 saturated carbocycles. The van der Waals surface area contributed by atoms with Crippen molar-refractivity contribution in [3.8, 4) is 0 Å². The molecule has 3 aliphatic carbocycles. The monoisotopic (exact) mass is 399 g/mol. The zero-order valence-corrected chi connectivity index (χ0v) is 16.6. The summed E-state index contributed by atoms with van der Waals surface area (Å²) in [4.78, 5) is 28.6. The fourth-order valence-corrected chi connectivity index (χ4v) is 5.83. The molecule has 0 N–H and O–H groups in total. The van der Waals surface area contributed by atoms with Crippen LogP contribution in [0.25, 0.3) is 0 Å². The summed E-state index contributed by atoms with van der Waals surface area (Å²) in [5.74, 6) is -1.12. The minimum atomic E-state index is -0.364. The van der Waals surface area contributed by atoms with Gasteiger partial charge in [0.05, 0.1) is 17.5 Å². The molecule has 3 nitrogen and oxygen atoms in total. The van der Waals surface area contributed by atoms with Crippen LogP contribution < -0.4 is 4.90 Å². The summed E-state index contributed by atoms with van der Waals surface area (Å²) < 4.78 is 0. The number of imide groups is 1. The molecule has 3 aromatic rings. The molecular weight excluding hydrogens is 382 g/mol. The normalized spacial score (nSPS) is 26.3. The molecule has 1 saturated heterocycles. The van der Waals surface area contributed by atoms with Gasteiger partial charge in [0, 0.05) is 16.9 Å². The Labute approximate surface area is 173 Å². The number of nitrogens with zero attached hydrogens (tertiary/aromatic N) is 1. The van der Waals surface area contributed by atoms with E-state index in [9.17, 15) is 9.59 Å². The first-order valence-corrected chi connectivity index (χ1v) is 10.3. The standard InChI is InChI=1S/C25H18ClNO2/c1-13-10-11-14(12-19(13)26)27-24(28)22-20-15-6-2-3-7-16(15)21(23(22)25(27)29)18-9-5-4-8-17(18)20/h2-12,20-23H,1H3/t20?,21?,22-,23-/m1/s1. The Morgan fingerprint density at radius 3 is 1.59 bits per heavy atom. The molecule has 4 aliphatic rings. The van der Waals surface area contributed by atoms with E-state index in [2.05, 4.69) is 24.3 Å². The quantitative estimate of drug-likeness (QED) is 0.537. The number of hydrogen-bond acceptors (Lipinski definition) is 2. The molecule has 1 fully saturated rings. The number of carbonyl (C=O) groups is 2. The highest BCUT2D eigenvalue weighted by Gasteiger charge is 2.61. The highest BCUT2D eigenvalue weighted by Crippen LogP contribution is 2.61. The van der Waals surface area contributed by atoms with Gasteiger partial charge in [-0.3, -0.25) is 9.59 Å². The van der Waals surface area contributed by atoms with Gasteiger partial charge in [0.1, 0.15) is 0 Å². The molecule has 0 radical (unpaired) electrons. The summed E-state index contributed by atoms with van der Waals surface area (Å²) >= 11 is 6.31. The molecule has 2 atom stereocenters. The van der Waals surface area contributed by atoms with E-state index in [0.717, 1.165) is 5.56 Å². The van der Waals surface area contributed by atoms with Crippen molar-refractivity contribution in [3.63, 3.8) is 0 Å². The Hall–Kier alpha value is -2.91. The zero-order chi connectivity index (χ0) is 19.9. The Bertz CT molecular complexity index is 1100. The highest BCUT2D eigenvalue weighted by atomic mass is 35.5. The van der Waals surface area contributed by atoms with Crippen molar-refractivity contribution in [2.45, 2.75) is 18.8 Å². The van der Waals surface area contributed by atoms with Crippen molar-refractivity contribution in [3.05, 3.63) is 99.6 Å². The molecule has 0 spiro atoms. The van der Waals surface area contributed by atoms with Crippen molar-refractivity contribution in [2.75, 3.05) is 4.90 Å². The fourth-order valence-electron chi connectivity index (χ4n) is 5.65. The van der Waals surface area contributed by atoms with Crippen LogP contribution in [0.4, 0.5) is 5.69 Å². The Kier molecular flexibility index (Phi) is 3.40. The number of aryl methyl sites for hydroxylation is 1. The van der Waals surface area contributed by atoms with Crippen LogP contribution in [0.1, 0.15) is 39.7 Å². The molecule has 142 valence electrons. The van der Waals surface area contributed by atoms with Crippen LogP contribution in [-0.4, -0.2) is 11.8 Å². The number of carbonyl (C=O) groups excluding carboxylic acids is 2. The van der Waals surface area contributed by atoms with Crippen LogP contribution in [0.15, 0.2) is 66.7 Å². The van der Waals surface area contributed by atoms with Gasteiger partial charge in [-0.1, -0.05) is 66.2 Å². The summed E-state index contributed by atoms with van der Waals surface area (Å²) in [6.45, 7) is 1.91. The zero-order valence-electron chi connectivity index (χ0n) is 15.8. The molecule has 1 heterocycles. The molecule has 7 rings (SSSR count). The first kappa shape index (κ1) is 17.0. The molecule has 29 heavy (non-hydrogen) atoms. The van der Waals surface area contributed by atoms with Gasteiger partial charge in [-0.05, 0) is 46.9 Å². The molecule has 2 amide bonds. The lowest BCUT2D eigenvalue weighted by Gasteiger charge is -2.45. The third-order valence-electron chi connectivity index (χ3n) is 6.86. The average Bonchev–Trinajstić information content (AvgIpc) is 3.01. The summed E-state index contributed by atoms with van der Waals surface area (Å²) in [6, 6.07) is 22.0. The van der Waals surface area contributed by atoms with Gasteiger partial charge in [0.2, 0.25) is 11.8 Å². The van der Waals surface area contributed by atoms with Crippen molar-refractivity contribution in [1.29, 1.82) is 0 Å². The van der Waals surface area contributed by atoms with Crippen LogP contribution in [0.5, 0.6) is 0 Å². The fraction of sp³-hybridized carbons (Fsp3) is 0.200. The van der Waals surface area contributed by atoms with Gasteiger partial charge in [-0.25, -0.2) is 4.90 Å². The van der Waals surface area contributed by atoms with E-state index in [4.69, 9.17) is 11.6 Å². The van der Waals surface area contributed by atoms with Crippen LogP contribution >= 0.6 is 11.6 Å². The Morgan fingerprint density at radius 2 is 1.17 bits per heavy atom. The van der Waals surface area contributed by atoms with E-state index < -0.39 is 0 Å². The second kappa shape index (κ2) is 5.80. The van der Waals surface area contributed by atoms with Crippen LogP contribution in [0.2, 0.25) is 5.02 Å². The number of halogens is 1. The maximum atomic E-state index is 13.6. The topological polar surface area (TPSA) is 37.4 Å². The molecule has 4 heteroatoms. The number of rotatable bonds is 1. The maximum Gasteiger partial charge on any atom is 0.238 e. The first-order chi connectivity index (χ1) is 14.1. The minimum absolute atomic E-state index is 0.0835. The lowest BCUT2D eigenvalue weighted by molar-refractivity contribution is -0.122. The van der Waals surface area contributed by atoms with Crippen molar-refractivity contribution in [2.24, 2.45) is 11.8 Å². The van der Waals surface area contributed by atoms with Crippen LogP contribution in [0.3, 0.4) is 0 Å². The number of amides is 2. The van der Waals surface area contributed by atoms with E-state index in [1.807, 2.05) is 43.3 Å². The Morgan fingerprint density at radius 1 is 0.724 bits per heavy atom. The van der Waals surface area contributed by atoms with Crippen molar-refractivity contribution >= 4 is 29.1 Å². The highest BCUT2D eigenvalue weighted by molar-refractivity contribution is 6.32.